The molecular formula is C34H36N4O6S2Zn2. The zero-order valence-electron chi connectivity index (χ0n) is 27.9. The van der Waals surface area contributed by atoms with Gasteiger partial charge in [-0.15, -0.1) is 0 Å². The van der Waals surface area contributed by atoms with E-state index in [4.69, 9.17) is 0 Å². The Morgan fingerprint density at radius 2 is 0.729 bits per heavy atom. The molecule has 0 aromatic heterocycles. The summed E-state index contributed by atoms with van der Waals surface area (Å²) in [6.45, 7) is 3.30. The first-order chi connectivity index (χ1) is 21.8. The van der Waals surface area contributed by atoms with Crippen molar-refractivity contribution >= 4 is 44.8 Å². The van der Waals surface area contributed by atoms with Crippen molar-refractivity contribution < 1.29 is 67.8 Å². The van der Waals surface area contributed by atoms with E-state index in [0.717, 1.165) is 0 Å². The molecule has 0 amide bonds. The molecule has 4 aromatic rings. The topological polar surface area (TPSA) is 176 Å². The summed E-state index contributed by atoms with van der Waals surface area (Å²) in [5.41, 5.74) is 2.69. The summed E-state index contributed by atoms with van der Waals surface area (Å²) in [4.78, 5) is 0. The second-order valence-corrected chi connectivity index (χ2v) is 12.4. The predicted octanol–water partition coefficient (Wildman–Crippen LogP) is 2.57. The largest absolute Gasteiger partial charge is 2.00 e. The number of para-hydroxylation sites is 2. The molecule has 0 unspecified atom stereocenters. The fraction of sp³-hybridized carbons (Fsp3) is 0.176. The zero-order valence-corrected chi connectivity index (χ0v) is 35.4. The van der Waals surface area contributed by atoms with Crippen molar-refractivity contribution in [3.05, 3.63) is 131 Å². The molecule has 0 aliphatic carbocycles. The molecule has 0 radical (unpaired) electrons. The Morgan fingerprint density at radius 3 is 1.00 bits per heavy atom. The second kappa shape index (κ2) is 26.3. The molecule has 0 atom stereocenters. The SMILES string of the molecule is C/C(=N\N=C(/[O-])c1ccccc1)c1ccccc1[O-].C/C(=N\N=C(/[O-])c1ccccc1)c1ccccc1[O-].CS(C)=O.CS(C)=O.[Zn+2].[Zn+2]. The first-order valence-electron chi connectivity index (χ1n) is 13.6. The number of nitrogens with zero attached hydrogens (tertiary/aromatic N) is 4. The number of hydrogen-bond acceptors (Lipinski definition) is 10. The van der Waals surface area contributed by atoms with Crippen molar-refractivity contribution in [3.63, 3.8) is 0 Å². The molecule has 0 spiro atoms. The quantitative estimate of drug-likeness (QED) is 0.126. The van der Waals surface area contributed by atoms with Crippen molar-refractivity contribution in [2.75, 3.05) is 25.0 Å². The Balaban J connectivity index is 0. The molecule has 14 heteroatoms. The van der Waals surface area contributed by atoms with E-state index in [0.29, 0.717) is 33.7 Å². The Morgan fingerprint density at radius 1 is 0.479 bits per heavy atom. The van der Waals surface area contributed by atoms with Gasteiger partial charge in [0.05, 0.1) is 11.4 Å². The van der Waals surface area contributed by atoms with Crippen LogP contribution in [0, 0.1) is 0 Å². The molecule has 0 heterocycles. The van der Waals surface area contributed by atoms with Gasteiger partial charge in [0, 0.05) is 58.4 Å². The van der Waals surface area contributed by atoms with Gasteiger partial charge in [-0.25, -0.2) is 0 Å². The molecule has 0 saturated heterocycles. The van der Waals surface area contributed by atoms with Crippen LogP contribution in [0.15, 0.2) is 130 Å². The summed E-state index contributed by atoms with van der Waals surface area (Å²) in [7, 11) is -1.22. The van der Waals surface area contributed by atoms with Crippen LogP contribution in [0.25, 0.3) is 0 Å². The minimum Gasteiger partial charge on any atom is -0.872 e. The van der Waals surface area contributed by atoms with Crippen molar-refractivity contribution in [1.29, 1.82) is 0 Å². The first kappa shape index (κ1) is 46.4. The summed E-state index contributed by atoms with van der Waals surface area (Å²) < 4.78 is 19.1. The predicted molar refractivity (Wildman–Crippen MR) is 182 cm³/mol. The molecule has 0 N–H and O–H groups in total. The van der Waals surface area contributed by atoms with Gasteiger partial charge in [0.2, 0.25) is 0 Å². The molecule has 0 aliphatic heterocycles. The standard InChI is InChI=1S/2C15H14N2O2.2C2H6OS.2Zn/c2*1-11(13-9-5-6-10-14(13)18)16-17-15(19)12-7-3-2-4-8-12;2*1-4(2)3;;/h2*2-10,18H,1H3,(H,17,19);2*1-2H3;;/q;;;;2*+2/p-4/b2*16-11+;;;;. The average molecular weight is 792 g/mol. The number of hydrogen-bond donors (Lipinski definition) is 0. The van der Waals surface area contributed by atoms with E-state index in [2.05, 4.69) is 20.4 Å². The molecule has 10 nitrogen and oxygen atoms in total. The first-order valence-corrected chi connectivity index (χ1v) is 17.5. The minimum atomic E-state index is -0.611. The Kier molecular flexibility index (Phi) is 25.4. The summed E-state index contributed by atoms with van der Waals surface area (Å²) in [5.74, 6) is -1.12. The van der Waals surface area contributed by atoms with Crippen LogP contribution in [0.2, 0.25) is 0 Å². The van der Waals surface area contributed by atoms with Crippen LogP contribution < -0.4 is 20.4 Å². The van der Waals surface area contributed by atoms with Crippen LogP contribution in [0.3, 0.4) is 0 Å². The van der Waals surface area contributed by atoms with E-state index in [1.807, 2.05) is 12.1 Å². The molecule has 0 saturated carbocycles. The van der Waals surface area contributed by atoms with Gasteiger partial charge in [-0.05, 0) is 36.1 Å². The van der Waals surface area contributed by atoms with Gasteiger partial charge in [-0.3, -0.25) is 8.42 Å². The number of benzene rings is 4. The van der Waals surface area contributed by atoms with Gasteiger partial charge in [0.15, 0.2) is 0 Å². The maximum atomic E-state index is 11.7. The average Bonchev–Trinajstić information content (AvgIpc) is 3.03. The van der Waals surface area contributed by atoms with Gasteiger partial charge in [-0.2, -0.15) is 20.4 Å². The van der Waals surface area contributed by atoms with E-state index in [1.165, 1.54) is 12.1 Å². The van der Waals surface area contributed by atoms with Crippen LogP contribution in [0.1, 0.15) is 36.1 Å². The number of rotatable bonds is 6. The molecule has 0 aliphatic rings. The molecule has 0 bridgehead atoms. The molecule has 4 rings (SSSR count). The van der Waals surface area contributed by atoms with E-state index in [9.17, 15) is 28.8 Å². The third-order valence-corrected chi connectivity index (χ3v) is 5.18. The monoisotopic (exact) mass is 788 g/mol. The van der Waals surface area contributed by atoms with E-state index >= 15 is 0 Å². The molecule has 4 aromatic carbocycles. The maximum Gasteiger partial charge on any atom is 2.00 e. The van der Waals surface area contributed by atoms with Gasteiger partial charge in [0.1, 0.15) is 0 Å². The van der Waals surface area contributed by atoms with Crippen LogP contribution in [0.4, 0.5) is 0 Å². The molecule has 244 valence electrons. The Labute approximate surface area is 312 Å². The third kappa shape index (κ3) is 19.8. The maximum absolute atomic E-state index is 11.7. The molecule has 0 fully saturated rings. The molecular weight excluding hydrogens is 755 g/mol. The van der Waals surface area contributed by atoms with E-state index in [-0.39, 0.29) is 50.5 Å². The van der Waals surface area contributed by atoms with Crippen LogP contribution >= 0.6 is 0 Å². The van der Waals surface area contributed by atoms with E-state index < -0.39 is 33.4 Å². The van der Waals surface area contributed by atoms with Crippen LogP contribution in [-0.2, 0) is 60.6 Å². The van der Waals surface area contributed by atoms with Crippen LogP contribution in [-0.4, -0.2) is 56.7 Å². The summed E-state index contributed by atoms with van der Waals surface area (Å²) in [5, 5.41) is 61.5. The normalized spacial score (nSPS) is 11.3. The fourth-order valence-corrected chi connectivity index (χ4v) is 3.16. The summed E-state index contributed by atoms with van der Waals surface area (Å²) in [6.07, 6.45) is 6.56. The van der Waals surface area contributed by atoms with Gasteiger partial charge >= 0.3 is 39.0 Å². The van der Waals surface area contributed by atoms with Crippen molar-refractivity contribution in [1.82, 2.24) is 0 Å². The Bertz CT molecular complexity index is 1550. The van der Waals surface area contributed by atoms with Crippen molar-refractivity contribution in [2.24, 2.45) is 20.4 Å². The summed E-state index contributed by atoms with van der Waals surface area (Å²) in [6, 6.07) is 30.3. The van der Waals surface area contributed by atoms with Gasteiger partial charge in [0.25, 0.3) is 0 Å². The van der Waals surface area contributed by atoms with Crippen LogP contribution in [0.5, 0.6) is 11.5 Å². The van der Waals surface area contributed by atoms with Gasteiger partial charge in [-0.1, -0.05) is 121 Å². The summed E-state index contributed by atoms with van der Waals surface area (Å²) >= 11 is 0. The Hall–Kier alpha value is -3.69. The van der Waals surface area contributed by atoms with E-state index in [1.54, 1.807) is 124 Å². The van der Waals surface area contributed by atoms with Crippen molar-refractivity contribution in [3.8, 4) is 11.5 Å². The van der Waals surface area contributed by atoms with Gasteiger partial charge < -0.3 is 20.4 Å². The third-order valence-electron chi connectivity index (χ3n) is 5.18. The molecule has 48 heavy (non-hydrogen) atoms. The fourth-order valence-electron chi connectivity index (χ4n) is 3.16. The minimum absolute atomic E-state index is 0. The second-order valence-electron chi connectivity index (χ2n) is 9.39. The zero-order chi connectivity index (χ0) is 34.5. The van der Waals surface area contributed by atoms with Crippen molar-refractivity contribution in [2.45, 2.75) is 13.8 Å². The smallest absolute Gasteiger partial charge is 0.872 e.